The van der Waals surface area contributed by atoms with Crippen LogP contribution in [0.25, 0.3) is 10.6 Å². The maximum Gasteiger partial charge on any atom is 0.265 e. The fraction of sp³-hybridized carbons (Fsp3) is 0.150. The average molecular weight is 505 g/mol. The Morgan fingerprint density at radius 2 is 1.61 bits per heavy atom. The lowest BCUT2D eigenvalue weighted by Gasteiger charge is -2.10. The molecule has 0 aliphatic carbocycles. The second kappa shape index (κ2) is 8.92. The highest BCUT2D eigenvalue weighted by Gasteiger charge is 2.25. The van der Waals surface area contributed by atoms with Gasteiger partial charge in [-0.15, -0.1) is 11.3 Å². The van der Waals surface area contributed by atoms with Crippen molar-refractivity contribution < 1.29 is 16.8 Å². The zero-order valence-corrected chi connectivity index (χ0v) is 20.0. The molecule has 10 nitrogen and oxygen atoms in total. The molecule has 33 heavy (non-hydrogen) atoms. The fourth-order valence-corrected chi connectivity index (χ4v) is 5.82. The summed E-state index contributed by atoms with van der Waals surface area (Å²) in [6, 6.07) is 10.5. The number of aromatic nitrogens is 4. The fourth-order valence-electron chi connectivity index (χ4n) is 2.86. The molecule has 0 spiro atoms. The van der Waals surface area contributed by atoms with E-state index in [9.17, 15) is 16.8 Å². The summed E-state index contributed by atoms with van der Waals surface area (Å²) in [4.78, 5) is 8.37. The molecule has 0 bridgehead atoms. The largest absolute Gasteiger partial charge is 0.280 e. The summed E-state index contributed by atoms with van der Waals surface area (Å²) >= 11 is 1.39. The maximum atomic E-state index is 13.2. The Kier molecular flexibility index (Phi) is 6.19. The molecule has 1 aromatic carbocycles. The van der Waals surface area contributed by atoms with Crippen LogP contribution in [-0.2, 0) is 20.0 Å². The molecule has 4 aromatic rings. The zero-order valence-electron chi connectivity index (χ0n) is 17.6. The minimum atomic E-state index is -3.99. The molecule has 0 radical (unpaired) electrons. The molecular weight excluding hydrogens is 484 g/mol. The lowest BCUT2D eigenvalue weighted by molar-refractivity contribution is 0.532. The van der Waals surface area contributed by atoms with Gasteiger partial charge >= 0.3 is 0 Å². The van der Waals surface area contributed by atoms with Gasteiger partial charge in [0.05, 0.1) is 9.77 Å². The number of thiophene rings is 1. The van der Waals surface area contributed by atoms with E-state index < -0.39 is 20.0 Å². The van der Waals surface area contributed by atoms with E-state index in [-0.39, 0.29) is 27.5 Å². The van der Waals surface area contributed by atoms with Gasteiger partial charge in [0.25, 0.3) is 20.0 Å². The van der Waals surface area contributed by atoms with Crippen LogP contribution in [0.4, 0.5) is 11.6 Å². The molecule has 3 heterocycles. The molecule has 3 aromatic heterocycles. The SMILES string of the molecule is CC(C)n1cc(S(=O)(=O)Nc2ccc(S(=O)(=O)Nc3ncccn3)cc2)c(-c2cccs2)n1. The maximum absolute atomic E-state index is 13.2. The van der Waals surface area contributed by atoms with Gasteiger partial charge in [0.2, 0.25) is 5.95 Å². The number of sulfonamides is 2. The third-order valence-corrected chi connectivity index (χ3v) is 8.08. The molecule has 4 rings (SSSR count). The quantitative estimate of drug-likeness (QED) is 0.374. The highest BCUT2D eigenvalue weighted by Crippen LogP contribution is 2.31. The van der Waals surface area contributed by atoms with Crippen molar-refractivity contribution in [2.75, 3.05) is 9.44 Å². The summed E-state index contributed by atoms with van der Waals surface area (Å²) < 4.78 is 57.7. The van der Waals surface area contributed by atoms with Crippen LogP contribution in [0.5, 0.6) is 0 Å². The van der Waals surface area contributed by atoms with Gasteiger partial charge in [-0.1, -0.05) is 6.07 Å². The molecular formula is C20H20N6O4S3. The summed E-state index contributed by atoms with van der Waals surface area (Å²) in [5.74, 6) is -0.0643. The van der Waals surface area contributed by atoms with Gasteiger partial charge in [0.1, 0.15) is 10.6 Å². The molecule has 0 saturated heterocycles. The van der Waals surface area contributed by atoms with Crippen LogP contribution < -0.4 is 9.44 Å². The van der Waals surface area contributed by atoms with E-state index in [1.54, 1.807) is 16.8 Å². The first-order valence-electron chi connectivity index (χ1n) is 9.71. The van der Waals surface area contributed by atoms with E-state index in [2.05, 4.69) is 24.5 Å². The Hall–Kier alpha value is -3.29. The number of nitrogens with one attached hydrogen (secondary N) is 2. The van der Waals surface area contributed by atoms with Crippen molar-refractivity contribution in [1.82, 2.24) is 19.7 Å². The molecule has 0 fully saturated rings. The van der Waals surface area contributed by atoms with Gasteiger partial charge in [0.15, 0.2) is 0 Å². The highest BCUT2D eigenvalue weighted by atomic mass is 32.2. The minimum absolute atomic E-state index is 0.0294. The second-order valence-corrected chi connectivity index (χ2v) is 11.5. The number of hydrogen-bond acceptors (Lipinski definition) is 8. The second-order valence-electron chi connectivity index (χ2n) is 7.20. The van der Waals surface area contributed by atoms with E-state index in [0.29, 0.717) is 5.69 Å². The monoisotopic (exact) mass is 504 g/mol. The lowest BCUT2D eigenvalue weighted by Crippen LogP contribution is -2.16. The van der Waals surface area contributed by atoms with Crippen molar-refractivity contribution in [3.63, 3.8) is 0 Å². The van der Waals surface area contributed by atoms with Gasteiger partial charge in [-0.2, -0.15) is 5.10 Å². The molecule has 2 N–H and O–H groups in total. The molecule has 0 unspecified atom stereocenters. The van der Waals surface area contributed by atoms with Crippen LogP contribution >= 0.6 is 11.3 Å². The van der Waals surface area contributed by atoms with Crippen molar-refractivity contribution in [3.8, 4) is 10.6 Å². The van der Waals surface area contributed by atoms with Gasteiger partial charge < -0.3 is 0 Å². The lowest BCUT2D eigenvalue weighted by atomic mass is 10.3. The summed E-state index contributed by atoms with van der Waals surface area (Å²) in [5, 5.41) is 6.30. The van der Waals surface area contributed by atoms with Crippen molar-refractivity contribution in [2.45, 2.75) is 29.7 Å². The molecule has 172 valence electrons. The minimum Gasteiger partial charge on any atom is -0.280 e. The van der Waals surface area contributed by atoms with Gasteiger partial charge in [0, 0.05) is 30.3 Å². The molecule has 0 aliphatic rings. The van der Waals surface area contributed by atoms with Crippen LogP contribution in [0.1, 0.15) is 19.9 Å². The van der Waals surface area contributed by atoms with E-state index in [1.165, 1.54) is 54.2 Å². The van der Waals surface area contributed by atoms with Crippen molar-refractivity contribution in [1.29, 1.82) is 0 Å². The average Bonchev–Trinajstić information content (AvgIpc) is 3.44. The Bertz CT molecular complexity index is 1450. The van der Waals surface area contributed by atoms with Crippen molar-refractivity contribution in [3.05, 3.63) is 66.4 Å². The smallest absolute Gasteiger partial charge is 0.265 e. The standard InChI is InChI=1S/C20H20N6O4S3/c1-14(2)26-13-18(19(23-26)17-5-3-12-31-17)33(29,30)24-15-6-8-16(9-7-15)32(27,28)25-20-21-10-4-11-22-20/h3-14,24H,1-2H3,(H,21,22,25). The molecule has 0 saturated carbocycles. The topological polar surface area (TPSA) is 136 Å². The first-order chi connectivity index (χ1) is 15.7. The summed E-state index contributed by atoms with van der Waals surface area (Å²) in [6.07, 6.45) is 4.31. The third kappa shape index (κ3) is 5.05. The summed E-state index contributed by atoms with van der Waals surface area (Å²) in [5.41, 5.74) is 0.566. The van der Waals surface area contributed by atoms with Crippen molar-refractivity contribution >= 4 is 43.0 Å². The number of rotatable bonds is 8. The van der Waals surface area contributed by atoms with Crippen LogP contribution in [0.2, 0.25) is 0 Å². The Morgan fingerprint density at radius 1 is 0.909 bits per heavy atom. The number of nitrogens with zero attached hydrogens (tertiary/aromatic N) is 4. The Balaban J connectivity index is 1.60. The summed E-state index contributed by atoms with van der Waals surface area (Å²) in [7, 11) is -7.92. The highest BCUT2D eigenvalue weighted by molar-refractivity contribution is 7.93. The summed E-state index contributed by atoms with van der Waals surface area (Å²) in [6.45, 7) is 3.81. The van der Waals surface area contributed by atoms with Crippen LogP contribution in [0.3, 0.4) is 0 Å². The van der Waals surface area contributed by atoms with E-state index >= 15 is 0 Å². The predicted octanol–water partition coefficient (Wildman–Crippen LogP) is 3.58. The zero-order chi connectivity index (χ0) is 23.6. The normalized spacial score (nSPS) is 12.1. The Labute approximate surface area is 195 Å². The van der Waals surface area contributed by atoms with Gasteiger partial charge in [-0.25, -0.2) is 31.5 Å². The Morgan fingerprint density at radius 3 is 2.21 bits per heavy atom. The van der Waals surface area contributed by atoms with E-state index in [1.807, 2.05) is 25.3 Å². The molecule has 0 amide bonds. The third-order valence-electron chi connectivity index (χ3n) is 4.48. The van der Waals surface area contributed by atoms with Gasteiger partial charge in [-0.05, 0) is 55.6 Å². The van der Waals surface area contributed by atoms with Crippen LogP contribution in [0.15, 0.2) is 76.2 Å². The van der Waals surface area contributed by atoms with Crippen LogP contribution in [0, 0.1) is 0 Å². The van der Waals surface area contributed by atoms with E-state index in [4.69, 9.17) is 0 Å². The predicted molar refractivity (Wildman–Crippen MR) is 126 cm³/mol. The number of anilines is 2. The van der Waals surface area contributed by atoms with Crippen molar-refractivity contribution in [2.24, 2.45) is 0 Å². The first-order valence-corrected chi connectivity index (χ1v) is 13.6. The van der Waals surface area contributed by atoms with Crippen LogP contribution in [-0.4, -0.2) is 36.6 Å². The first kappa shape index (κ1) is 22.9. The number of hydrogen-bond donors (Lipinski definition) is 2. The molecule has 0 aliphatic heterocycles. The van der Waals surface area contributed by atoms with E-state index in [0.717, 1.165) is 4.88 Å². The molecule has 13 heteroatoms. The van der Waals surface area contributed by atoms with Gasteiger partial charge in [-0.3, -0.25) is 9.40 Å². The number of benzene rings is 1. The molecule has 0 atom stereocenters.